The molecule has 0 amide bonds. The fourth-order valence-electron chi connectivity index (χ4n) is 2.52. The van der Waals surface area contributed by atoms with E-state index in [0.29, 0.717) is 11.9 Å². The number of pyridine rings is 1. The molecule has 0 aliphatic heterocycles. The number of rotatable bonds is 5. The molecule has 0 radical (unpaired) electrons. The van der Waals surface area contributed by atoms with Crippen LogP contribution < -0.4 is 9.64 Å². The minimum atomic E-state index is 0.680. The van der Waals surface area contributed by atoms with Crippen molar-refractivity contribution in [3.05, 3.63) is 18.3 Å². The summed E-state index contributed by atoms with van der Waals surface area (Å²) < 4.78 is 5.20. The van der Waals surface area contributed by atoms with Gasteiger partial charge in [-0.2, -0.15) is 0 Å². The van der Waals surface area contributed by atoms with Crippen LogP contribution in [0.15, 0.2) is 18.3 Å². The summed E-state index contributed by atoms with van der Waals surface area (Å²) in [6, 6.07) is 4.78. The maximum Gasteiger partial charge on any atom is 0.214 e. The van der Waals surface area contributed by atoms with Gasteiger partial charge in [-0.3, -0.25) is 0 Å². The first kappa shape index (κ1) is 12.7. The second-order valence-corrected chi connectivity index (χ2v) is 5.17. The quantitative estimate of drug-likeness (QED) is 0.781. The van der Waals surface area contributed by atoms with Crippen LogP contribution in [0.4, 0.5) is 5.69 Å². The Hall–Kier alpha value is -0.770. The van der Waals surface area contributed by atoms with Crippen molar-refractivity contribution in [1.82, 2.24) is 4.98 Å². The van der Waals surface area contributed by atoms with Crippen molar-refractivity contribution in [1.29, 1.82) is 0 Å². The average molecular weight is 299 g/mol. The van der Waals surface area contributed by atoms with Gasteiger partial charge in [-0.25, -0.2) is 4.98 Å². The first-order valence-electron chi connectivity index (χ1n) is 6.18. The minimum Gasteiger partial charge on any atom is -0.481 e. The summed E-state index contributed by atoms with van der Waals surface area (Å²) in [4.78, 5) is 6.64. The molecule has 4 heteroatoms. The summed E-state index contributed by atoms with van der Waals surface area (Å²) in [7, 11) is 1.66. The monoisotopic (exact) mass is 298 g/mol. The molecule has 0 N–H and O–H groups in total. The van der Waals surface area contributed by atoms with E-state index in [1.165, 1.54) is 31.4 Å². The standard InChI is InChI=1S/C13H19BrN2O/c1-17-13-10-12(6-8-15-13)16(9-7-14)11-4-2-3-5-11/h6,8,10-11H,2-5,7,9H2,1H3. The Morgan fingerprint density at radius 3 is 2.88 bits per heavy atom. The number of methoxy groups -OCH3 is 1. The third-order valence-electron chi connectivity index (χ3n) is 3.35. The van der Waals surface area contributed by atoms with Crippen molar-refractivity contribution in [2.24, 2.45) is 0 Å². The predicted molar refractivity (Wildman–Crippen MR) is 74.2 cm³/mol. The van der Waals surface area contributed by atoms with E-state index < -0.39 is 0 Å². The van der Waals surface area contributed by atoms with Gasteiger partial charge in [-0.1, -0.05) is 28.8 Å². The average Bonchev–Trinajstić information content (AvgIpc) is 2.89. The fraction of sp³-hybridized carbons (Fsp3) is 0.615. The molecule has 0 atom stereocenters. The van der Waals surface area contributed by atoms with Crippen molar-refractivity contribution in [2.45, 2.75) is 31.7 Å². The molecule has 0 aromatic carbocycles. The molecule has 2 rings (SSSR count). The molecular weight excluding hydrogens is 280 g/mol. The second-order valence-electron chi connectivity index (χ2n) is 4.38. The zero-order valence-corrected chi connectivity index (χ0v) is 11.8. The van der Waals surface area contributed by atoms with Gasteiger partial charge < -0.3 is 9.64 Å². The van der Waals surface area contributed by atoms with E-state index in [1.54, 1.807) is 7.11 Å². The molecule has 0 saturated heterocycles. The summed E-state index contributed by atoms with van der Waals surface area (Å²) in [5.74, 6) is 0.695. The van der Waals surface area contributed by atoms with Crippen LogP contribution in [0.2, 0.25) is 0 Å². The minimum absolute atomic E-state index is 0.680. The van der Waals surface area contributed by atoms with E-state index in [2.05, 4.69) is 31.9 Å². The lowest BCUT2D eigenvalue weighted by Crippen LogP contribution is -2.34. The molecule has 1 fully saturated rings. The van der Waals surface area contributed by atoms with Crippen LogP contribution in [0.3, 0.4) is 0 Å². The third kappa shape index (κ3) is 3.12. The van der Waals surface area contributed by atoms with Crippen LogP contribution in [-0.2, 0) is 0 Å². The van der Waals surface area contributed by atoms with Crippen LogP contribution in [-0.4, -0.2) is 30.0 Å². The van der Waals surface area contributed by atoms with Gasteiger partial charge in [-0.05, 0) is 18.9 Å². The van der Waals surface area contributed by atoms with Crippen LogP contribution in [0, 0.1) is 0 Å². The number of hydrogen-bond acceptors (Lipinski definition) is 3. The molecule has 3 nitrogen and oxygen atoms in total. The maximum absolute atomic E-state index is 5.20. The number of ether oxygens (including phenoxy) is 1. The zero-order valence-electron chi connectivity index (χ0n) is 10.2. The molecule has 0 unspecified atom stereocenters. The van der Waals surface area contributed by atoms with Gasteiger partial charge >= 0.3 is 0 Å². The molecule has 0 spiro atoms. The molecule has 1 aromatic rings. The number of hydrogen-bond donors (Lipinski definition) is 0. The number of nitrogens with zero attached hydrogens (tertiary/aromatic N) is 2. The van der Waals surface area contributed by atoms with Gasteiger partial charge in [0.1, 0.15) is 0 Å². The molecular formula is C13H19BrN2O. The molecule has 1 aromatic heterocycles. The van der Waals surface area contributed by atoms with Gasteiger partial charge in [0.25, 0.3) is 0 Å². The molecule has 17 heavy (non-hydrogen) atoms. The summed E-state index contributed by atoms with van der Waals surface area (Å²) >= 11 is 3.54. The highest BCUT2D eigenvalue weighted by atomic mass is 79.9. The van der Waals surface area contributed by atoms with Crippen molar-refractivity contribution >= 4 is 21.6 Å². The van der Waals surface area contributed by atoms with Gasteiger partial charge in [0.05, 0.1) is 7.11 Å². The highest BCUT2D eigenvalue weighted by Crippen LogP contribution is 2.29. The van der Waals surface area contributed by atoms with E-state index in [4.69, 9.17) is 4.74 Å². The molecule has 0 bridgehead atoms. The van der Waals surface area contributed by atoms with Crippen LogP contribution in [0.5, 0.6) is 5.88 Å². The Bertz CT molecular complexity index is 353. The highest BCUT2D eigenvalue weighted by Gasteiger charge is 2.22. The Balaban J connectivity index is 2.18. The molecule has 1 saturated carbocycles. The van der Waals surface area contributed by atoms with Crippen molar-refractivity contribution < 1.29 is 4.74 Å². The van der Waals surface area contributed by atoms with E-state index in [-0.39, 0.29) is 0 Å². The Morgan fingerprint density at radius 1 is 1.47 bits per heavy atom. The Labute approximate surface area is 111 Å². The molecule has 1 aliphatic rings. The largest absolute Gasteiger partial charge is 0.481 e. The smallest absolute Gasteiger partial charge is 0.214 e. The van der Waals surface area contributed by atoms with Gasteiger partial charge in [0, 0.05) is 35.9 Å². The predicted octanol–water partition coefficient (Wildman–Crippen LogP) is 3.23. The normalized spacial score (nSPS) is 16.1. The van der Waals surface area contributed by atoms with E-state index >= 15 is 0 Å². The number of halogens is 1. The SMILES string of the molecule is COc1cc(N(CCBr)C2CCCC2)ccn1. The zero-order chi connectivity index (χ0) is 12.1. The molecule has 1 heterocycles. The summed E-state index contributed by atoms with van der Waals surface area (Å²) in [5.41, 5.74) is 1.23. The van der Waals surface area contributed by atoms with Crippen LogP contribution in [0.1, 0.15) is 25.7 Å². The Kier molecular flexibility index (Phi) is 4.66. The van der Waals surface area contributed by atoms with Gasteiger partial charge in [-0.15, -0.1) is 0 Å². The second kappa shape index (κ2) is 6.24. The summed E-state index contributed by atoms with van der Waals surface area (Å²) in [6.07, 6.45) is 7.14. The lowest BCUT2D eigenvalue weighted by Gasteiger charge is -2.30. The van der Waals surface area contributed by atoms with Gasteiger partial charge in [0.15, 0.2) is 0 Å². The number of anilines is 1. The lowest BCUT2D eigenvalue weighted by molar-refractivity contribution is 0.397. The van der Waals surface area contributed by atoms with Crippen LogP contribution >= 0.6 is 15.9 Å². The number of alkyl halides is 1. The first-order valence-corrected chi connectivity index (χ1v) is 7.30. The van der Waals surface area contributed by atoms with Gasteiger partial charge in [0.2, 0.25) is 5.88 Å². The molecule has 94 valence electrons. The lowest BCUT2D eigenvalue weighted by atomic mass is 10.2. The van der Waals surface area contributed by atoms with Crippen molar-refractivity contribution in [2.75, 3.05) is 23.9 Å². The van der Waals surface area contributed by atoms with Crippen LogP contribution in [0.25, 0.3) is 0 Å². The van der Waals surface area contributed by atoms with E-state index in [9.17, 15) is 0 Å². The summed E-state index contributed by atoms with van der Waals surface area (Å²) in [5, 5.41) is 0.994. The third-order valence-corrected chi connectivity index (χ3v) is 3.70. The highest BCUT2D eigenvalue weighted by molar-refractivity contribution is 9.09. The van der Waals surface area contributed by atoms with E-state index in [1.807, 2.05) is 12.3 Å². The maximum atomic E-state index is 5.20. The summed E-state index contributed by atoms with van der Waals surface area (Å²) in [6.45, 7) is 1.04. The van der Waals surface area contributed by atoms with Crippen molar-refractivity contribution in [3.63, 3.8) is 0 Å². The van der Waals surface area contributed by atoms with E-state index in [0.717, 1.165) is 11.9 Å². The molecule has 1 aliphatic carbocycles. The Morgan fingerprint density at radius 2 is 2.24 bits per heavy atom. The fourth-order valence-corrected chi connectivity index (χ4v) is 2.90. The van der Waals surface area contributed by atoms with Crippen molar-refractivity contribution in [3.8, 4) is 5.88 Å². The number of aromatic nitrogens is 1. The topological polar surface area (TPSA) is 25.4 Å². The first-order chi connectivity index (χ1) is 8.35.